The van der Waals surface area contributed by atoms with E-state index in [2.05, 4.69) is 21.2 Å². The number of hydrogen-bond acceptors (Lipinski definition) is 2. The molecule has 0 aliphatic rings. The van der Waals surface area contributed by atoms with Gasteiger partial charge in [-0.1, -0.05) is 22.0 Å². The maximum Gasteiger partial charge on any atom is 0.129 e. The standard InChI is InChI=1S/C16H16BrF2NO/c1-20-16(9-12-14(18)4-3-5-15(12)19)11-8-10(21-2)6-7-13(11)17/h3-8,16,20H,9H2,1-2H3. The van der Waals surface area contributed by atoms with Crippen LogP contribution in [0, 0.1) is 11.6 Å². The fourth-order valence-corrected chi connectivity index (χ4v) is 2.74. The van der Waals surface area contributed by atoms with E-state index < -0.39 is 11.6 Å². The molecule has 1 atom stereocenters. The molecule has 2 aromatic carbocycles. The molecule has 5 heteroatoms. The summed E-state index contributed by atoms with van der Waals surface area (Å²) in [6.45, 7) is 0. The van der Waals surface area contributed by atoms with Gasteiger partial charge in [0, 0.05) is 16.1 Å². The fourth-order valence-electron chi connectivity index (χ4n) is 2.21. The predicted molar refractivity (Wildman–Crippen MR) is 82.6 cm³/mol. The summed E-state index contributed by atoms with van der Waals surface area (Å²) >= 11 is 3.47. The van der Waals surface area contributed by atoms with Crippen LogP contribution in [0.5, 0.6) is 5.75 Å². The summed E-state index contributed by atoms with van der Waals surface area (Å²) in [5, 5.41) is 3.09. The molecular weight excluding hydrogens is 340 g/mol. The first kappa shape index (κ1) is 15.9. The lowest BCUT2D eigenvalue weighted by Crippen LogP contribution is -2.20. The lowest BCUT2D eigenvalue weighted by Gasteiger charge is -2.19. The third-order valence-corrected chi connectivity index (χ3v) is 4.12. The Kier molecular flexibility index (Phi) is 5.31. The first-order valence-corrected chi connectivity index (χ1v) is 7.29. The van der Waals surface area contributed by atoms with Crippen molar-refractivity contribution in [3.63, 3.8) is 0 Å². The van der Waals surface area contributed by atoms with E-state index in [4.69, 9.17) is 4.74 Å². The van der Waals surface area contributed by atoms with Gasteiger partial charge in [0.1, 0.15) is 17.4 Å². The monoisotopic (exact) mass is 355 g/mol. The van der Waals surface area contributed by atoms with Gasteiger partial charge in [0.25, 0.3) is 0 Å². The van der Waals surface area contributed by atoms with Gasteiger partial charge in [-0.25, -0.2) is 8.78 Å². The van der Waals surface area contributed by atoms with Crippen molar-refractivity contribution in [1.29, 1.82) is 0 Å². The third kappa shape index (κ3) is 3.60. The molecule has 0 heterocycles. The predicted octanol–water partition coefficient (Wildman–Crippen LogP) is 4.24. The first-order chi connectivity index (χ1) is 10.1. The summed E-state index contributed by atoms with van der Waals surface area (Å²) in [6.07, 6.45) is 0.209. The maximum absolute atomic E-state index is 13.8. The average Bonchev–Trinajstić information content (AvgIpc) is 2.48. The average molecular weight is 356 g/mol. The Balaban J connectivity index is 2.36. The molecule has 0 bridgehead atoms. The molecule has 0 aliphatic carbocycles. The van der Waals surface area contributed by atoms with E-state index in [1.165, 1.54) is 18.2 Å². The Bertz CT molecular complexity index is 613. The van der Waals surface area contributed by atoms with Crippen LogP contribution in [-0.4, -0.2) is 14.2 Å². The molecule has 0 aliphatic heterocycles. The number of halogens is 3. The number of rotatable bonds is 5. The number of benzene rings is 2. The molecule has 2 rings (SSSR count). The summed E-state index contributed by atoms with van der Waals surface area (Å²) in [6, 6.07) is 9.20. The van der Waals surface area contributed by atoms with E-state index >= 15 is 0 Å². The van der Waals surface area contributed by atoms with Gasteiger partial charge >= 0.3 is 0 Å². The minimum atomic E-state index is -0.533. The largest absolute Gasteiger partial charge is 0.497 e. The van der Waals surface area contributed by atoms with Gasteiger partial charge in [0.15, 0.2) is 0 Å². The van der Waals surface area contributed by atoms with Crippen LogP contribution in [0.2, 0.25) is 0 Å². The van der Waals surface area contributed by atoms with Crippen molar-refractivity contribution in [2.75, 3.05) is 14.2 Å². The van der Waals surface area contributed by atoms with Crippen molar-refractivity contribution in [1.82, 2.24) is 5.32 Å². The lowest BCUT2D eigenvalue weighted by atomic mass is 9.98. The molecule has 21 heavy (non-hydrogen) atoms. The summed E-state index contributed by atoms with van der Waals surface area (Å²) in [5.74, 6) is -0.369. The van der Waals surface area contributed by atoms with Gasteiger partial charge in [-0.2, -0.15) is 0 Å². The van der Waals surface area contributed by atoms with Crippen molar-refractivity contribution >= 4 is 15.9 Å². The molecule has 1 N–H and O–H groups in total. The van der Waals surface area contributed by atoms with E-state index in [9.17, 15) is 8.78 Å². The number of methoxy groups -OCH3 is 1. The second kappa shape index (κ2) is 7.00. The lowest BCUT2D eigenvalue weighted by molar-refractivity contribution is 0.413. The van der Waals surface area contributed by atoms with Crippen LogP contribution in [0.15, 0.2) is 40.9 Å². The minimum Gasteiger partial charge on any atom is -0.497 e. The van der Waals surface area contributed by atoms with E-state index in [1.54, 1.807) is 14.2 Å². The van der Waals surface area contributed by atoms with Crippen molar-refractivity contribution in [2.24, 2.45) is 0 Å². The Hall–Kier alpha value is -1.46. The maximum atomic E-state index is 13.8. The topological polar surface area (TPSA) is 21.3 Å². The highest BCUT2D eigenvalue weighted by molar-refractivity contribution is 9.10. The first-order valence-electron chi connectivity index (χ1n) is 6.50. The molecule has 0 saturated heterocycles. The molecule has 2 nitrogen and oxygen atoms in total. The van der Waals surface area contributed by atoms with Crippen LogP contribution in [0.25, 0.3) is 0 Å². The second-order valence-corrected chi connectivity index (χ2v) is 5.49. The highest BCUT2D eigenvalue weighted by Crippen LogP contribution is 2.30. The van der Waals surface area contributed by atoms with Crippen LogP contribution < -0.4 is 10.1 Å². The van der Waals surface area contributed by atoms with Crippen LogP contribution in [0.4, 0.5) is 8.78 Å². The molecule has 1 unspecified atom stereocenters. The SMILES string of the molecule is CNC(Cc1c(F)cccc1F)c1cc(OC)ccc1Br. The van der Waals surface area contributed by atoms with Gasteiger partial charge in [0.2, 0.25) is 0 Å². The highest BCUT2D eigenvalue weighted by atomic mass is 79.9. The van der Waals surface area contributed by atoms with Crippen LogP contribution >= 0.6 is 15.9 Å². The normalized spacial score (nSPS) is 12.2. The minimum absolute atomic E-state index is 0.0755. The smallest absolute Gasteiger partial charge is 0.129 e. The third-order valence-electron chi connectivity index (χ3n) is 3.40. The molecular formula is C16H16BrF2NO. The number of nitrogens with one attached hydrogen (secondary N) is 1. The molecule has 0 saturated carbocycles. The molecule has 112 valence electrons. The second-order valence-electron chi connectivity index (χ2n) is 4.63. The highest BCUT2D eigenvalue weighted by Gasteiger charge is 2.18. The summed E-state index contributed by atoms with van der Waals surface area (Å²) < 4.78 is 33.7. The zero-order valence-electron chi connectivity index (χ0n) is 11.8. The van der Waals surface area contributed by atoms with Gasteiger partial charge in [-0.3, -0.25) is 0 Å². The summed E-state index contributed by atoms with van der Waals surface area (Å²) in [7, 11) is 3.34. The van der Waals surface area contributed by atoms with Gasteiger partial charge in [-0.15, -0.1) is 0 Å². The van der Waals surface area contributed by atoms with Crippen molar-refractivity contribution in [3.8, 4) is 5.75 Å². The Morgan fingerprint density at radius 2 is 1.86 bits per heavy atom. The van der Waals surface area contributed by atoms with Gasteiger partial charge < -0.3 is 10.1 Å². The van der Waals surface area contributed by atoms with E-state index in [1.807, 2.05) is 18.2 Å². The quantitative estimate of drug-likeness (QED) is 0.865. The van der Waals surface area contributed by atoms with Crippen molar-refractivity contribution < 1.29 is 13.5 Å². The molecule has 0 amide bonds. The Morgan fingerprint density at radius 3 is 2.43 bits per heavy atom. The number of ether oxygens (including phenoxy) is 1. The summed E-state index contributed by atoms with van der Waals surface area (Å²) in [5.41, 5.74) is 0.964. The van der Waals surface area contributed by atoms with Crippen molar-refractivity contribution in [3.05, 3.63) is 63.6 Å². The van der Waals surface area contributed by atoms with Crippen LogP contribution in [0.1, 0.15) is 17.2 Å². The van der Waals surface area contributed by atoms with Crippen LogP contribution in [-0.2, 0) is 6.42 Å². The zero-order chi connectivity index (χ0) is 15.4. The molecule has 0 spiro atoms. The van der Waals surface area contributed by atoms with Crippen LogP contribution in [0.3, 0.4) is 0 Å². The summed E-state index contributed by atoms with van der Waals surface area (Å²) in [4.78, 5) is 0. The van der Waals surface area contributed by atoms with E-state index in [0.29, 0.717) is 5.75 Å². The van der Waals surface area contributed by atoms with Gasteiger partial charge in [-0.05, 0) is 49.4 Å². The van der Waals surface area contributed by atoms with Crippen molar-refractivity contribution in [2.45, 2.75) is 12.5 Å². The molecule has 0 fully saturated rings. The molecule has 0 radical (unpaired) electrons. The molecule has 2 aromatic rings. The zero-order valence-corrected chi connectivity index (χ0v) is 13.4. The molecule has 0 aromatic heterocycles. The van der Waals surface area contributed by atoms with Gasteiger partial charge in [0.05, 0.1) is 7.11 Å². The van der Waals surface area contributed by atoms with E-state index in [-0.39, 0.29) is 18.0 Å². The number of likely N-dealkylation sites (N-methyl/N-ethyl adjacent to an activating group) is 1. The Morgan fingerprint density at radius 1 is 1.19 bits per heavy atom. The van der Waals surface area contributed by atoms with E-state index in [0.717, 1.165) is 10.0 Å². The number of hydrogen-bond donors (Lipinski definition) is 1. The fraction of sp³-hybridized carbons (Fsp3) is 0.250. The Labute approximate surface area is 131 Å².